The van der Waals surface area contributed by atoms with Gasteiger partial charge in [-0.1, -0.05) is 30.3 Å². The van der Waals surface area contributed by atoms with E-state index in [4.69, 9.17) is 4.74 Å². The van der Waals surface area contributed by atoms with Crippen LogP contribution < -0.4 is 0 Å². The van der Waals surface area contributed by atoms with Gasteiger partial charge in [-0.05, 0) is 30.7 Å². The summed E-state index contributed by atoms with van der Waals surface area (Å²) in [5.74, 6) is -0.485. The Morgan fingerprint density at radius 2 is 1.87 bits per heavy atom. The Morgan fingerprint density at radius 3 is 2.55 bits per heavy atom. The zero-order chi connectivity index (χ0) is 22.0. The molecule has 0 spiro atoms. The molecule has 4 rings (SSSR count). The minimum absolute atomic E-state index is 0.0648. The van der Waals surface area contributed by atoms with Crippen LogP contribution in [0.3, 0.4) is 0 Å². The molecule has 0 fully saturated rings. The second-order valence-electron chi connectivity index (χ2n) is 7.29. The lowest BCUT2D eigenvalue weighted by molar-refractivity contribution is -0.132. The van der Waals surface area contributed by atoms with Crippen molar-refractivity contribution in [3.05, 3.63) is 78.5 Å². The predicted octanol–water partition coefficient (Wildman–Crippen LogP) is 3.23. The fourth-order valence-electron chi connectivity index (χ4n) is 3.59. The van der Waals surface area contributed by atoms with Crippen molar-refractivity contribution in [1.29, 1.82) is 0 Å². The van der Waals surface area contributed by atoms with Gasteiger partial charge in [0.05, 0.1) is 24.4 Å². The van der Waals surface area contributed by atoms with Gasteiger partial charge in [0.2, 0.25) is 5.91 Å². The van der Waals surface area contributed by atoms with Gasteiger partial charge < -0.3 is 14.2 Å². The summed E-state index contributed by atoms with van der Waals surface area (Å²) in [6, 6.07) is 15.2. The number of ether oxygens (including phenoxy) is 1. The molecule has 2 heterocycles. The molecule has 31 heavy (non-hydrogen) atoms. The van der Waals surface area contributed by atoms with Crippen LogP contribution in [0.25, 0.3) is 16.6 Å². The normalized spacial score (nSPS) is 12.0. The average molecular weight is 417 g/mol. The molecule has 0 aliphatic heterocycles. The first kappa shape index (κ1) is 20.3. The van der Waals surface area contributed by atoms with Crippen LogP contribution in [0, 0.1) is 0 Å². The molecule has 4 aromatic rings. The van der Waals surface area contributed by atoms with Gasteiger partial charge in [0.25, 0.3) is 0 Å². The van der Waals surface area contributed by atoms with E-state index in [2.05, 4.69) is 10.1 Å². The summed E-state index contributed by atoms with van der Waals surface area (Å²) in [7, 11) is 3.13. The summed E-state index contributed by atoms with van der Waals surface area (Å²) in [5.41, 5.74) is 3.17. The number of carbonyl (C=O) groups excluding carboxylic acids is 2. The van der Waals surface area contributed by atoms with E-state index in [1.54, 1.807) is 33.7 Å². The van der Waals surface area contributed by atoms with Crippen LogP contribution in [0.15, 0.2) is 67.4 Å². The molecule has 0 radical (unpaired) electrons. The number of rotatable bonds is 6. The molecule has 2 aromatic carbocycles. The van der Waals surface area contributed by atoms with Crippen molar-refractivity contribution in [1.82, 2.24) is 24.2 Å². The quantitative estimate of drug-likeness (QED) is 0.450. The first-order valence-corrected chi connectivity index (χ1v) is 9.86. The highest BCUT2D eigenvalue weighted by Crippen LogP contribution is 2.24. The Kier molecular flexibility index (Phi) is 5.53. The maximum absolute atomic E-state index is 13.0. The fourth-order valence-corrected chi connectivity index (χ4v) is 3.59. The van der Waals surface area contributed by atoms with Gasteiger partial charge in [0.15, 0.2) is 0 Å². The number of aromatic nitrogens is 4. The average Bonchev–Trinajstić information content (AvgIpc) is 3.47. The molecule has 0 unspecified atom stereocenters. The minimum Gasteiger partial charge on any atom is -0.465 e. The molecule has 0 saturated carbocycles. The third-order valence-electron chi connectivity index (χ3n) is 5.53. The first-order chi connectivity index (χ1) is 15.0. The molecule has 0 N–H and O–H groups in total. The summed E-state index contributed by atoms with van der Waals surface area (Å²) in [6.45, 7) is 2.10. The van der Waals surface area contributed by atoms with Crippen molar-refractivity contribution in [3.8, 4) is 5.69 Å². The van der Waals surface area contributed by atoms with Crippen molar-refractivity contribution in [2.45, 2.75) is 19.5 Å². The molecule has 0 aliphatic rings. The van der Waals surface area contributed by atoms with Crippen molar-refractivity contribution in [2.24, 2.45) is 0 Å². The number of esters is 1. The molecule has 0 saturated heterocycles. The van der Waals surface area contributed by atoms with Crippen molar-refractivity contribution in [2.75, 3.05) is 14.2 Å². The van der Waals surface area contributed by atoms with Gasteiger partial charge >= 0.3 is 5.97 Å². The van der Waals surface area contributed by atoms with E-state index >= 15 is 0 Å². The Balaban J connectivity index is 1.53. The minimum atomic E-state index is -0.420. The van der Waals surface area contributed by atoms with Crippen LogP contribution >= 0.6 is 0 Å². The largest absolute Gasteiger partial charge is 0.465 e. The second-order valence-corrected chi connectivity index (χ2v) is 7.29. The highest BCUT2D eigenvalue weighted by Gasteiger charge is 2.21. The topological polar surface area (TPSA) is 82.2 Å². The molecule has 0 bridgehead atoms. The zero-order valence-corrected chi connectivity index (χ0v) is 17.6. The smallest absolute Gasteiger partial charge is 0.340 e. The van der Waals surface area contributed by atoms with Gasteiger partial charge in [-0.15, -0.1) is 0 Å². The third-order valence-corrected chi connectivity index (χ3v) is 5.53. The monoisotopic (exact) mass is 417 g/mol. The maximum Gasteiger partial charge on any atom is 0.340 e. The lowest BCUT2D eigenvalue weighted by atomic mass is 10.1. The van der Waals surface area contributed by atoms with Gasteiger partial charge in [0, 0.05) is 24.1 Å². The van der Waals surface area contributed by atoms with Crippen LogP contribution in [0.5, 0.6) is 0 Å². The van der Waals surface area contributed by atoms with E-state index in [1.807, 2.05) is 55.5 Å². The Hall–Kier alpha value is -3.94. The van der Waals surface area contributed by atoms with E-state index in [-0.39, 0.29) is 18.5 Å². The number of benzene rings is 2. The van der Waals surface area contributed by atoms with E-state index in [0.29, 0.717) is 5.56 Å². The number of hydrogen-bond acceptors (Lipinski definition) is 5. The lowest BCUT2D eigenvalue weighted by Gasteiger charge is -2.26. The summed E-state index contributed by atoms with van der Waals surface area (Å²) in [6.07, 6.45) is 4.80. The van der Waals surface area contributed by atoms with Gasteiger partial charge in [0.1, 0.15) is 19.2 Å². The summed E-state index contributed by atoms with van der Waals surface area (Å²) in [5, 5.41) is 4.89. The van der Waals surface area contributed by atoms with Crippen LogP contribution in [0.2, 0.25) is 0 Å². The molecule has 0 aliphatic carbocycles. The first-order valence-electron chi connectivity index (χ1n) is 9.86. The van der Waals surface area contributed by atoms with E-state index in [1.165, 1.54) is 13.4 Å². The van der Waals surface area contributed by atoms with Crippen LogP contribution in [0.1, 0.15) is 28.9 Å². The van der Waals surface area contributed by atoms with Crippen LogP contribution in [0.4, 0.5) is 0 Å². The zero-order valence-electron chi connectivity index (χ0n) is 17.6. The number of para-hydroxylation sites is 1. The molecule has 1 amide bonds. The van der Waals surface area contributed by atoms with Crippen LogP contribution in [-0.4, -0.2) is 50.3 Å². The summed E-state index contributed by atoms with van der Waals surface area (Å²) >= 11 is 0. The standard InChI is InChI=1S/C23H23N5O3/c1-16(17-8-10-18(11-9-17)28-15-24-14-25-28)26(2)22(29)13-27-12-20(23(30)31-3)19-6-4-5-7-21(19)27/h4-12,14-16H,13H2,1-3H3/t16-/m0/s1. The summed E-state index contributed by atoms with van der Waals surface area (Å²) < 4.78 is 8.36. The number of methoxy groups -OCH3 is 1. The highest BCUT2D eigenvalue weighted by atomic mass is 16.5. The molecule has 158 valence electrons. The maximum atomic E-state index is 13.0. The number of fused-ring (bicyclic) bond motifs is 1. The predicted molar refractivity (Wildman–Crippen MR) is 116 cm³/mol. The molecule has 2 aromatic heterocycles. The van der Waals surface area contributed by atoms with E-state index in [9.17, 15) is 9.59 Å². The van der Waals surface area contributed by atoms with Crippen LogP contribution in [-0.2, 0) is 16.1 Å². The van der Waals surface area contributed by atoms with Crippen molar-refractivity contribution in [3.63, 3.8) is 0 Å². The Morgan fingerprint density at radius 1 is 1.13 bits per heavy atom. The molecule has 8 nitrogen and oxygen atoms in total. The van der Waals surface area contributed by atoms with E-state index < -0.39 is 5.97 Å². The fraction of sp³-hybridized carbons (Fsp3) is 0.217. The van der Waals surface area contributed by atoms with Crippen molar-refractivity contribution >= 4 is 22.8 Å². The molecular weight excluding hydrogens is 394 g/mol. The SMILES string of the molecule is COC(=O)c1cn(CC(=O)N(C)[C@@H](C)c2ccc(-n3cncn3)cc2)c2ccccc12. The van der Waals surface area contributed by atoms with E-state index in [0.717, 1.165) is 22.2 Å². The summed E-state index contributed by atoms with van der Waals surface area (Å²) in [4.78, 5) is 30.8. The number of hydrogen-bond donors (Lipinski definition) is 0. The molecular formula is C23H23N5O3. The number of nitrogens with zero attached hydrogens (tertiary/aromatic N) is 5. The van der Waals surface area contributed by atoms with Gasteiger partial charge in [-0.25, -0.2) is 14.5 Å². The van der Waals surface area contributed by atoms with Crippen molar-refractivity contribution < 1.29 is 14.3 Å². The van der Waals surface area contributed by atoms with Gasteiger partial charge in [-0.3, -0.25) is 4.79 Å². The second kappa shape index (κ2) is 8.43. The lowest BCUT2D eigenvalue weighted by Crippen LogP contribution is -2.32. The third kappa shape index (κ3) is 3.92. The number of carbonyl (C=O) groups is 2. The number of amides is 1. The number of likely N-dealkylation sites (N-methyl/N-ethyl adjacent to an activating group) is 1. The van der Waals surface area contributed by atoms with Gasteiger partial charge in [-0.2, -0.15) is 5.10 Å². The molecule has 8 heteroatoms. The molecule has 1 atom stereocenters. The Bertz CT molecular complexity index is 1210. The highest BCUT2D eigenvalue weighted by molar-refractivity contribution is 6.04. The Labute approximate surface area is 179 Å².